The number of hydrogen-bond acceptors (Lipinski definition) is 3. The van der Waals surface area contributed by atoms with E-state index < -0.39 is 23.2 Å². The smallest absolute Gasteiger partial charge is 0.295 e. The van der Waals surface area contributed by atoms with E-state index in [2.05, 4.69) is 10.6 Å². The summed E-state index contributed by atoms with van der Waals surface area (Å²) in [5.41, 5.74) is 1.59. The fourth-order valence-electron chi connectivity index (χ4n) is 3.56. The SMILES string of the molecule is Cc1c(NC(=O)C(=Cc2ccc(F)cc2)NC(=O)c2ccccc2)c(=O)n(-c2ccccc2)n1C. The van der Waals surface area contributed by atoms with E-state index in [4.69, 9.17) is 0 Å². The number of aromatic nitrogens is 2. The van der Waals surface area contributed by atoms with E-state index in [0.29, 0.717) is 22.5 Å². The second kappa shape index (κ2) is 10.0. The maximum atomic E-state index is 13.4. The van der Waals surface area contributed by atoms with Crippen LogP contribution in [0.4, 0.5) is 10.1 Å². The second-order valence-corrected chi connectivity index (χ2v) is 7.82. The molecule has 0 bridgehead atoms. The summed E-state index contributed by atoms with van der Waals surface area (Å²) in [7, 11) is 1.71. The van der Waals surface area contributed by atoms with Gasteiger partial charge in [0.1, 0.15) is 17.2 Å². The van der Waals surface area contributed by atoms with Crippen LogP contribution >= 0.6 is 0 Å². The first kappa shape index (κ1) is 23.4. The first-order chi connectivity index (χ1) is 16.8. The number of hydrogen-bond donors (Lipinski definition) is 2. The quantitative estimate of drug-likeness (QED) is 0.417. The number of para-hydroxylation sites is 1. The van der Waals surface area contributed by atoms with Crippen LogP contribution in [0.15, 0.2) is 95.4 Å². The topological polar surface area (TPSA) is 85.1 Å². The molecule has 1 heterocycles. The number of amides is 2. The van der Waals surface area contributed by atoms with Crippen molar-refractivity contribution in [3.05, 3.63) is 124 Å². The standard InChI is InChI=1S/C27H23FN4O3/c1-18-24(27(35)32(31(18)2)22-11-7-4-8-12-22)30-26(34)23(17-19-13-15-21(28)16-14-19)29-25(33)20-9-5-3-6-10-20/h3-17H,1-2H3,(H,29,33)(H,30,34). The largest absolute Gasteiger partial charge is 0.317 e. The van der Waals surface area contributed by atoms with Crippen LogP contribution < -0.4 is 16.2 Å². The van der Waals surface area contributed by atoms with Gasteiger partial charge in [-0.25, -0.2) is 9.07 Å². The second-order valence-electron chi connectivity index (χ2n) is 7.82. The van der Waals surface area contributed by atoms with E-state index in [1.807, 2.05) is 18.2 Å². The summed E-state index contributed by atoms with van der Waals surface area (Å²) >= 11 is 0. The van der Waals surface area contributed by atoms with Gasteiger partial charge in [-0.2, -0.15) is 0 Å². The van der Waals surface area contributed by atoms with Gasteiger partial charge < -0.3 is 10.6 Å². The normalized spacial score (nSPS) is 11.2. The molecule has 0 radical (unpaired) electrons. The molecule has 35 heavy (non-hydrogen) atoms. The number of benzene rings is 3. The summed E-state index contributed by atoms with van der Waals surface area (Å²) in [4.78, 5) is 39.2. The number of halogens is 1. The van der Waals surface area contributed by atoms with Crippen LogP contribution in [-0.2, 0) is 11.8 Å². The average molecular weight is 471 g/mol. The molecule has 2 amide bonds. The zero-order valence-electron chi connectivity index (χ0n) is 19.2. The highest BCUT2D eigenvalue weighted by Gasteiger charge is 2.21. The Bertz CT molecular complexity index is 1450. The number of carbonyl (C=O) groups excluding carboxylic acids is 2. The van der Waals surface area contributed by atoms with Crippen molar-refractivity contribution < 1.29 is 14.0 Å². The third-order valence-electron chi connectivity index (χ3n) is 5.50. The molecule has 176 valence electrons. The van der Waals surface area contributed by atoms with Gasteiger partial charge in [0.05, 0.1) is 11.4 Å². The molecule has 0 aliphatic carbocycles. The van der Waals surface area contributed by atoms with Crippen LogP contribution in [-0.4, -0.2) is 21.2 Å². The predicted molar refractivity (Wildman–Crippen MR) is 133 cm³/mol. The first-order valence-electron chi connectivity index (χ1n) is 10.8. The molecule has 4 aromatic rings. The molecule has 0 spiro atoms. The number of carbonyl (C=O) groups is 2. The highest BCUT2D eigenvalue weighted by atomic mass is 19.1. The van der Waals surface area contributed by atoms with Gasteiger partial charge in [0.15, 0.2) is 0 Å². The zero-order valence-corrected chi connectivity index (χ0v) is 19.2. The van der Waals surface area contributed by atoms with E-state index in [-0.39, 0.29) is 11.4 Å². The molecule has 1 aromatic heterocycles. The van der Waals surface area contributed by atoms with Gasteiger partial charge in [0.2, 0.25) is 0 Å². The van der Waals surface area contributed by atoms with E-state index in [1.54, 1.807) is 61.1 Å². The minimum absolute atomic E-state index is 0.0836. The number of nitrogens with zero attached hydrogens (tertiary/aromatic N) is 2. The van der Waals surface area contributed by atoms with Crippen molar-refractivity contribution in [2.75, 3.05) is 5.32 Å². The monoisotopic (exact) mass is 470 g/mol. The summed E-state index contributed by atoms with van der Waals surface area (Å²) in [6.07, 6.45) is 1.42. The van der Waals surface area contributed by atoms with Gasteiger partial charge in [-0.3, -0.25) is 19.1 Å². The van der Waals surface area contributed by atoms with Gasteiger partial charge in [-0.15, -0.1) is 0 Å². The maximum Gasteiger partial charge on any atom is 0.295 e. The Morgan fingerprint density at radius 1 is 0.886 bits per heavy atom. The molecule has 2 N–H and O–H groups in total. The third-order valence-corrected chi connectivity index (χ3v) is 5.50. The Hall–Kier alpha value is -4.72. The lowest BCUT2D eigenvalue weighted by Gasteiger charge is -2.11. The Morgan fingerprint density at radius 2 is 1.49 bits per heavy atom. The summed E-state index contributed by atoms with van der Waals surface area (Å²) < 4.78 is 16.4. The van der Waals surface area contributed by atoms with Crippen molar-refractivity contribution in [3.63, 3.8) is 0 Å². The number of nitrogens with one attached hydrogen (secondary N) is 2. The van der Waals surface area contributed by atoms with E-state index in [9.17, 15) is 18.8 Å². The fourth-order valence-corrected chi connectivity index (χ4v) is 3.56. The van der Waals surface area contributed by atoms with Crippen LogP contribution in [0.5, 0.6) is 0 Å². The van der Waals surface area contributed by atoms with Gasteiger partial charge in [-0.1, -0.05) is 48.5 Å². The van der Waals surface area contributed by atoms with Crippen molar-refractivity contribution in [1.82, 2.24) is 14.7 Å². The summed E-state index contributed by atoms with van der Waals surface area (Å²) in [5, 5.41) is 5.26. The summed E-state index contributed by atoms with van der Waals surface area (Å²) in [5.74, 6) is -1.62. The van der Waals surface area contributed by atoms with Gasteiger partial charge in [0, 0.05) is 12.6 Å². The van der Waals surface area contributed by atoms with Crippen LogP contribution in [0.3, 0.4) is 0 Å². The molecule has 0 saturated carbocycles. The minimum Gasteiger partial charge on any atom is -0.317 e. The van der Waals surface area contributed by atoms with Crippen molar-refractivity contribution in [2.24, 2.45) is 7.05 Å². The van der Waals surface area contributed by atoms with E-state index in [1.165, 1.54) is 35.0 Å². The Morgan fingerprint density at radius 3 is 2.11 bits per heavy atom. The van der Waals surface area contributed by atoms with E-state index >= 15 is 0 Å². The lowest BCUT2D eigenvalue weighted by Crippen LogP contribution is -2.32. The predicted octanol–water partition coefficient (Wildman–Crippen LogP) is 4.03. The van der Waals surface area contributed by atoms with Crippen LogP contribution in [0.25, 0.3) is 11.8 Å². The molecule has 0 atom stereocenters. The Kier molecular flexibility index (Phi) is 6.73. The van der Waals surface area contributed by atoms with Crippen LogP contribution in [0.2, 0.25) is 0 Å². The molecule has 4 rings (SSSR count). The van der Waals surface area contributed by atoms with Gasteiger partial charge in [-0.05, 0) is 55.0 Å². The summed E-state index contributed by atoms with van der Waals surface area (Å²) in [6.45, 7) is 1.71. The number of rotatable bonds is 6. The molecular formula is C27H23FN4O3. The lowest BCUT2D eigenvalue weighted by atomic mass is 10.1. The van der Waals surface area contributed by atoms with E-state index in [0.717, 1.165) is 0 Å². The molecule has 0 aliphatic rings. The maximum absolute atomic E-state index is 13.4. The molecule has 0 saturated heterocycles. The van der Waals surface area contributed by atoms with Crippen molar-refractivity contribution in [3.8, 4) is 5.69 Å². The van der Waals surface area contributed by atoms with Gasteiger partial charge >= 0.3 is 0 Å². The molecular weight excluding hydrogens is 447 g/mol. The third kappa shape index (κ3) is 5.11. The molecule has 0 unspecified atom stereocenters. The van der Waals surface area contributed by atoms with Crippen LogP contribution in [0.1, 0.15) is 21.6 Å². The Labute approximate surface area is 201 Å². The highest BCUT2D eigenvalue weighted by molar-refractivity contribution is 6.10. The molecule has 7 nitrogen and oxygen atoms in total. The first-order valence-corrected chi connectivity index (χ1v) is 10.8. The summed E-state index contributed by atoms with van der Waals surface area (Å²) in [6, 6.07) is 22.9. The molecule has 3 aromatic carbocycles. The fraction of sp³-hybridized carbons (Fsp3) is 0.0741. The zero-order chi connectivity index (χ0) is 24.9. The molecule has 0 aliphatic heterocycles. The molecule has 8 heteroatoms. The lowest BCUT2D eigenvalue weighted by molar-refractivity contribution is -0.113. The number of anilines is 1. The van der Waals surface area contributed by atoms with Crippen molar-refractivity contribution in [1.29, 1.82) is 0 Å². The highest BCUT2D eigenvalue weighted by Crippen LogP contribution is 2.16. The van der Waals surface area contributed by atoms with Gasteiger partial charge in [0.25, 0.3) is 17.4 Å². The average Bonchev–Trinajstić information content (AvgIpc) is 3.08. The van der Waals surface area contributed by atoms with Crippen molar-refractivity contribution in [2.45, 2.75) is 6.92 Å². The molecule has 0 fully saturated rings. The Balaban J connectivity index is 1.69. The minimum atomic E-state index is -0.690. The van der Waals surface area contributed by atoms with Crippen LogP contribution in [0, 0.1) is 12.7 Å². The van der Waals surface area contributed by atoms with Crippen molar-refractivity contribution >= 4 is 23.6 Å².